The van der Waals surface area contributed by atoms with Gasteiger partial charge in [-0.25, -0.2) is 0 Å². The second-order valence-electron chi connectivity index (χ2n) is 6.10. The number of hydrogen-bond donors (Lipinski definition) is 1. The third-order valence-electron chi connectivity index (χ3n) is 4.70. The standard InChI is InChI=1S/C18H31N3/c1-4-21(5-2)17-11-9-16(10-12-17)14-19-15-18-8-6-7-13-20(18)3/h9-12,18-19H,4-8,13-15H2,1-3H3. The zero-order valence-corrected chi connectivity index (χ0v) is 13.9. The molecule has 1 heterocycles. The van der Waals surface area contributed by atoms with Crippen molar-refractivity contribution in [3.05, 3.63) is 29.8 Å². The normalized spacial score (nSPS) is 19.7. The predicted molar refractivity (Wildman–Crippen MR) is 92.0 cm³/mol. The molecule has 0 spiro atoms. The molecule has 118 valence electrons. The topological polar surface area (TPSA) is 18.5 Å². The molecule has 2 rings (SSSR count). The lowest BCUT2D eigenvalue weighted by Crippen LogP contribution is -2.42. The van der Waals surface area contributed by atoms with Gasteiger partial charge >= 0.3 is 0 Å². The van der Waals surface area contributed by atoms with Crippen LogP contribution in [-0.4, -0.2) is 44.2 Å². The van der Waals surface area contributed by atoms with E-state index in [9.17, 15) is 0 Å². The number of nitrogens with zero attached hydrogens (tertiary/aromatic N) is 2. The van der Waals surface area contributed by atoms with E-state index in [0.29, 0.717) is 6.04 Å². The van der Waals surface area contributed by atoms with Crippen LogP contribution in [0.2, 0.25) is 0 Å². The Morgan fingerprint density at radius 1 is 1.14 bits per heavy atom. The van der Waals surface area contributed by atoms with Crippen LogP contribution in [0.4, 0.5) is 5.69 Å². The molecule has 3 nitrogen and oxygen atoms in total. The van der Waals surface area contributed by atoms with E-state index in [0.717, 1.165) is 26.2 Å². The molecule has 0 aromatic heterocycles. The van der Waals surface area contributed by atoms with Crippen LogP contribution < -0.4 is 10.2 Å². The molecule has 0 radical (unpaired) electrons. The summed E-state index contributed by atoms with van der Waals surface area (Å²) in [6.07, 6.45) is 4.08. The molecular weight excluding hydrogens is 258 g/mol. The number of piperidine rings is 1. The fourth-order valence-electron chi connectivity index (χ4n) is 3.20. The highest BCUT2D eigenvalue weighted by molar-refractivity contribution is 5.47. The van der Waals surface area contributed by atoms with Gasteiger partial charge in [-0.15, -0.1) is 0 Å². The first-order valence-corrected chi connectivity index (χ1v) is 8.49. The summed E-state index contributed by atoms with van der Waals surface area (Å²) < 4.78 is 0. The highest BCUT2D eigenvalue weighted by Gasteiger charge is 2.17. The number of nitrogens with one attached hydrogen (secondary N) is 1. The van der Waals surface area contributed by atoms with Gasteiger partial charge in [-0.2, -0.15) is 0 Å². The number of likely N-dealkylation sites (tertiary alicyclic amines) is 1. The van der Waals surface area contributed by atoms with Gasteiger partial charge in [0.05, 0.1) is 0 Å². The van der Waals surface area contributed by atoms with Crippen molar-refractivity contribution in [3.63, 3.8) is 0 Å². The highest BCUT2D eigenvalue weighted by Crippen LogP contribution is 2.16. The van der Waals surface area contributed by atoms with E-state index in [2.05, 4.69) is 60.3 Å². The lowest BCUT2D eigenvalue weighted by atomic mass is 10.0. The maximum atomic E-state index is 3.62. The van der Waals surface area contributed by atoms with Crippen LogP contribution in [0.5, 0.6) is 0 Å². The minimum Gasteiger partial charge on any atom is -0.372 e. The number of likely N-dealkylation sites (N-methyl/N-ethyl adjacent to an activating group) is 1. The lowest BCUT2D eigenvalue weighted by Gasteiger charge is -2.32. The monoisotopic (exact) mass is 289 g/mol. The summed E-state index contributed by atoms with van der Waals surface area (Å²) in [4.78, 5) is 4.88. The Morgan fingerprint density at radius 3 is 2.48 bits per heavy atom. The van der Waals surface area contributed by atoms with Gasteiger partial charge in [-0.1, -0.05) is 18.6 Å². The summed E-state index contributed by atoms with van der Waals surface area (Å²) in [5.74, 6) is 0. The number of hydrogen-bond acceptors (Lipinski definition) is 3. The van der Waals surface area contributed by atoms with Crippen molar-refractivity contribution in [2.75, 3.05) is 38.1 Å². The van der Waals surface area contributed by atoms with E-state index in [1.165, 1.54) is 37.1 Å². The van der Waals surface area contributed by atoms with Gasteiger partial charge in [0, 0.05) is 37.9 Å². The number of anilines is 1. The summed E-state index contributed by atoms with van der Waals surface area (Å²) >= 11 is 0. The van der Waals surface area contributed by atoms with Crippen LogP contribution >= 0.6 is 0 Å². The van der Waals surface area contributed by atoms with Crippen LogP contribution in [0.15, 0.2) is 24.3 Å². The van der Waals surface area contributed by atoms with Gasteiger partial charge in [0.15, 0.2) is 0 Å². The maximum Gasteiger partial charge on any atom is 0.0366 e. The predicted octanol–water partition coefficient (Wildman–Crippen LogP) is 3.11. The van der Waals surface area contributed by atoms with E-state index in [1.807, 2.05) is 0 Å². The van der Waals surface area contributed by atoms with Gasteiger partial charge < -0.3 is 15.1 Å². The van der Waals surface area contributed by atoms with E-state index in [4.69, 9.17) is 0 Å². The zero-order chi connectivity index (χ0) is 15.1. The van der Waals surface area contributed by atoms with Crippen molar-refractivity contribution < 1.29 is 0 Å². The van der Waals surface area contributed by atoms with Crippen LogP contribution in [-0.2, 0) is 6.54 Å². The molecule has 0 bridgehead atoms. The molecule has 3 heteroatoms. The molecule has 21 heavy (non-hydrogen) atoms. The Bertz CT molecular complexity index is 397. The first kappa shape index (κ1) is 16.3. The number of rotatable bonds is 7. The molecule has 1 aromatic carbocycles. The quantitative estimate of drug-likeness (QED) is 0.832. The second kappa shape index (κ2) is 8.40. The molecule has 1 aliphatic heterocycles. The van der Waals surface area contributed by atoms with Crippen molar-refractivity contribution in [3.8, 4) is 0 Å². The van der Waals surface area contributed by atoms with E-state index >= 15 is 0 Å². The van der Waals surface area contributed by atoms with Crippen LogP contribution in [0, 0.1) is 0 Å². The summed E-state index contributed by atoms with van der Waals surface area (Å²) in [6, 6.07) is 9.72. The minimum absolute atomic E-state index is 0.716. The first-order valence-electron chi connectivity index (χ1n) is 8.49. The van der Waals surface area contributed by atoms with Crippen LogP contribution in [0.1, 0.15) is 38.7 Å². The lowest BCUT2D eigenvalue weighted by molar-refractivity contribution is 0.181. The molecule has 0 amide bonds. The van der Waals surface area contributed by atoms with E-state index in [1.54, 1.807) is 0 Å². The van der Waals surface area contributed by atoms with Crippen LogP contribution in [0.3, 0.4) is 0 Å². The molecule has 1 saturated heterocycles. The molecule has 1 aliphatic rings. The SMILES string of the molecule is CCN(CC)c1ccc(CNCC2CCCCN2C)cc1. The summed E-state index contributed by atoms with van der Waals surface area (Å²) in [7, 11) is 2.25. The Hall–Kier alpha value is -1.06. The minimum atomic E-state index is 0.716. The van der Waals surface area contributed by atoms with Gasteiger partial charge in [-0.3, -0.25) is 0 Å². The average molecular weight is 289 g/mol. The van der Waals surface area contributed by atoms with Crippen LogP contribution in [0.25, 0.3) is 0 Å². The smallest absolute Gasteiger partial charge is 0.0366 e. The molecular formula is C18H31N3. The zero-order valence-electron chi connectivity index (χ0n) is 13.9. The van der Waals surface area contributed by atoms with Crippen molar-refractivity contribution in [1.29, 1.82) is 0 Å². The Kier molecular flexibility index (Phi) is 6.52. The summed E-state index contributed by atoms with van der Waals surface area (Å²) in [6.45, 7) is 9.89. The molecule has 1 atom stereocenters. The molecule has 1 N–H and O–H groups in total. The van der Waals surface area contributed by atoms with E-state index in [-0.39, 0.29) is 0 Å². The Labute approximate surface area is 130 Å². The maximum absolute atomic E-state index is 3.62. The van der Waals surface area contributed by atoms with Crippen molar-refractivity contribution >= 4 is 5.69 Å². The second-order valence-corrected chi connectivity index (χ2v) is 6.10. The molecule has 1 aromatic rings. The third kappa shape index (κ3) is 4.72. The van der Waals surface area contributed by atoms with Crippen molar-refractivity contribution in [1.82, 2.24) is 10.2 Å². The van der Waals surface area contributed by atoms with Gasteiger partial charge in [0.25, 0.3) is 0 Å². The fourth-order valence-corrected chi connectivity index (χ4v) is 3.20. The fraction of sp³-hybridized carbons (Fsp3) is 0.667. The average Bonchev–Trinajstić information content (AvgIpc) is 2.52. The van der Waals surface area contributed by atoms with Crippen molar-refractivity contribution in [2.45, 2.75) is 45.7 Å². The summed E-state index contributed by atoms with van der Waals surface area (Å²) in [5.41, 5.74) is 2.71. The Balaban J connectivity index is 1.78. The molecule has 1 unspecified atom stereocenters. The van der Waals surface area contributed by atoms with Gasteiger partial charge in [-0.05, 0) is 58.0 Å². The molecule has 0 saturated carbocycles. The van der Waals surface area contributed by atoms with Gasteiger partial charge in [0.1, 0.15) is 0 Å². The molecule has 1 fully saturated rings. The Morgan fingerprint density at radius 2 is 1.86 bits per heavy atom. The highest BCUT2D eigenvalue weighted by atomic mass is 15.2. The third-order valence-corrected chi connectivity index (χ3v) is 4.70. The van der Waals surface area contributed by atoms with E-state index < -0.39 is 0 Å². The number of benzene rings is 1. The van der Waals surface area contributed by atoms with Crippen molar-refractivity contribution in [2.24, 2.45) is 0 Å². The largest absolute Gasteiger partial charge is 0.372 e. The van der Waals surface area contributed by atoms with Gasteiger partial charge in [0.2, 0.25) is 0 Å². The first-order chi connectivity index (χ1) is 10.2. The summed E-state index contributed by atoms with van der Waals surface area (Å²) in [5, 5.41) is 3.62. The molecule has 0 aliphatic carbocycles.